The summed E-state index contributed by atoms with van der Waals surface area (Å²) in [6, 6.07) is 0. The molecule has 1 N–H and O–H groups in total. The van der Waals surface area contributed by atoms with Crippen LogP contribution in [0.3, 0.4) is 0 Å². The van der Waals surface area contributed by atoms with Crippen molar-refractivity contribution in [3.05, 3.63) is 0 Å². The summed E-state index contributed by atoms with van der Waals surface area (Å²) in [6.45, 7) is 2.02. The van der Waals surface area contributed by atoms with Crippen LogP contribution < -0.4 is 0 Å². The second-order valence-electron chi connectivity index (χ2n) is 3.76. The van der Waals surface area contributed by atoms with Gasteiger partial charge < -0.3 is 5.11 Å². The van der Waals surface area contributed by atoms with Crippen molar-refractivity contribution in [1.29, 1.82) is 0 Å². The number of carbonyl (C=O) groups is 2. The molecule has 0 radical (unpaired) electrons. The average molecular weight is 216 g/mol. The van der Waals surface area contributed by atoms with Crippen molar-refractivity contribution in [2.24, 2.45) is 5.41 Å². The highest BCUT2D eigenvalue weighted by atomic mass is 32.2. The Labute approximate surface area is 88.3 Å². The predicted octanol–water partition coefficient (Wildman–Crippen LogP) is 1.95. The molecule has 0 aromatic rings. The number of carboxylic acids is 1. The van der Waals surface area contributed by atoms with E-state index in [1.165, 1.54) is 0 Å². The molecule has 14 heavy (non-hydrogen) atoms. The van der Waals surface area contributed by atoms with Gasteiger partial charge in [0.25, 0.3) is 0 Å². The van der Waals surface area contributed by atoms with Crippen LogP contribution in [0.1, 0.15) is 32.6 Å². The zero-order valence-corrected chi connectivity index (χ0v) is 9.23. The van der Waals surface area contributed by atoms with Crippen LogP contribution in [0.25, 0.3) is 0 Å². The summed E-state index contributed by atoms with van der Waals surface area (Å²) in [7, 11) is 0. The summed E-state index contributed by atoms with van der Waals surface area (Å²) in [5.74, 6) is 1.06. The third-order valence-corrected chi connectivity index (χ3v) is 3.97. The van der Waals surface area contributed by atoms with Crippen LogP contribution in [0.2, 0.25) is 0 Å². The van der Waals surface area contributed by atoms with Crippen molar-refractivity contribution >= 4 is 23.5 Å². The van der Waals surface area contributed by atoms with Crippen LogP contribution in [0, 0.1) is 5.41 Å². The minimum Gasteiger partial charge on any atom is -0.481 e. The van der Waals surface area contributed by atoms with Crippen molar-refractivity contribution < 1.29 is 14.7 Å². The van der Waals surface area contributed by atoms with Gasteiger partial charge in [0.05, 0.1) is 5.41 Å². The molecule has 0 aliphatic heterocycles. The topological polar surface area (TPSA) is 54.4 Å². The smallest absolute Gasteiger partial charge is 0.310 e. The summed E-state index contributed by atoms with van der Waals surface area (Å²) in [5.41, 5.74) is -0.630. The van der Waals surface area contributed by atoms with Crippen molar-refractivity contribution in [3.8, 4) is 0 Å². The summed E-state index contributed by atoms with van der Waals surface area (Å²) >= 11 is 1.65. The molecular formula is C10H16O3S. The molecule has 1 aliphatic carbocycles. The molecule has 4 heteroatoms. The SMILES string of the molecule is CCSCC1(C(=O)O)CCC(=O)CC1. The Morgan fingerprint density at radius 2 is 2.07 bits per heavy atom. The van der Waals surface area contributed by atoms with E-state index >= 15 is 0 Å². The quantitative estimate of drug-likeness (QED) is 0.780. The van der Waals surface area contributed by atoms with Gasteiger partial charge in [-0.3, -0.25) is 9.59 Å². The summed E-state index contributed by atoms with van der Waals surface area (Å²) in [6.07, 6.45) is 1.93. The Morgan fingerprint density at radius 3 is 2.50 bits per heavy atom. The van der Waals surface area contributed by atoms with E-state index in [2.05, 4.69) is 0 Å². The fourth-order valence-corrected chi connectivity index (χ4v) is 2.73. The number of hydrogen-bond donors (Lipinski definition) is 1. The number of rotatable bonds is 4. The molecule has 0 atom stereocenters. The lowest BCUT2D eigenvalue weighted by Gasteiger charge is -2.32. The van der Waals surface area contributed by atoms with E-state index in [0.29, 0.717) is 31.4 Å². The first kappa shape index (κ1) is 11.6. The van der Waals surface area contributed by atoms with Gasteiger partial charge in [-0.25, -0.2) is 0 Å². The molecule has 0 heterocycles. The van der Waals surface area contributed by atoms with Gasteiger partial charge in [-0.1, -0.05) is 6.92 Å². The zero-order valence-electron chi connectivity index (χ0n) is 8.41. The van der Waals surface area contributed by atoms with Crippen molar-refractivity contribution in [2.45, 2.75) is 32.6 Å². The number of hydrogen-bond acceptors (Lipinski definition) is 3. The molecule has 1 saturated carbocycles. The van der Waals surface area contributed by atoms with E-state index in [9.17, 15) is 14.7 Å². The van der Waals surface area contributed by atoms with Gasteiger partial charge in [0.2, 0.25) is 0 Å². The van der Waals surface area contributed by atoms with Gasteiger partial charge >= 0.3 is 5.97 Å². The van der Waals surface area contributed by atoms with Crippen LogP contribution in [0.4, 0.5) is 0 Å². The molecule has 3 nitrogen and oxygen atoms in total. The monoisotopic (exact) mass is 216 g/mol. The first-order valence-electron chi connectivity index (χ1n) is 4.93. The predicted molar refractivity (Wildman–Crippen MR) is 56.5 cm³/mol. The maximum atomic E-state index is 11.2. The largest absolute Gasteiger partial charge is 0.481 e. The Bertz CT molecular complexity index is 228. The van der Waals surface area contributed by atoms with Crippen molar-refractivity contribution in [1.82, 2.24) is 0 Å². The molecule has 80 valence electrons. The lowest BCUT2D eigenvalue weighted by Crippen LogP contribution is -2.37. The lowest BCUT2D eigenvalue weighted by atomic mass is 9.75. The van der Waals surface area contributed by atoms with E-state index in [1.807, 2.05) is 6.92 Å². The number of carboxylic acid groups (broad SMARTS) is 1. The average Bonchev–Trinajstić information content (AvgIpc) is 2.17. The van der Waals surface area contributed by atoms with E-state index in [0.717, 1.165) is 5.75 Å². The number of aliphatic carboxylic acids is 1. The Kier molecular flexibility index (Phi) is 3.98. The van der Waals surface area contributed by atoms with Crippen LogP contribution in [0.5, 0.6) is 0 Å². The van der Waals surface area contributed by atoms with E-state index in [-0.39, 0.29) is 5.78 Å². The van der Waals surface area contributed by atoms with Crippen molar-refractivity contribution in [2.75, 3.05) is 11.5 Å². The maximum absolute atomic E-state index is 11.2. The number of ketones is 1. The minimum absolute atomic E-state index is 0.211. The number of carbonyl (C=O) groups excluding carboxylic acids is 1. The highest BCUT2D eigenvalue weighted by molar-refractivity contribution is 7.99. The van der Waals surface area contributed by atoms with E-state index in [4.69, 9.17) is 0 Å². The highest BCUT2D eigenvalue weighted by Crippen LogP contribution is 2.38. The lowest BCUT2D eigenvalue weighted by molar-refractivity contribution is -0.150. The second-order valence-corrected chi connectivity index (χ2v) is 5.04. The maximum Gasteiger partial charge on any atom is 0.310 e. The molecule has 0 bridgehead atoms. The van der Waals surface area contributed by atoms with Crippen molar-refractivity contribution in [3.63, 3.8) is 0 Å². The summed E-state index contributed by atoms with van der Waals surface area (Å²) < 4.78 is 0. The Balaban J connectivity index is 2.63. The molecule has 0 amide bonds. The molecule has 0 aromatic carbocycles. The summed E-state index contributed by atoms with van der Waals surface area (Å²) in [4.78, 5) is 22.2. The third kappa shape index (κ3) is 2.50. The van der Waals surface area contributed by atoms with Gasteiger partial charge in [-0.15, -0.1) is 0 Å². The zero-order chi connectivity index (χ0) is 10.6. The molecule has 0 spiro atoms. The van der Waals surface area contributed by atoms with Crippen LogP contribution in [0.15, 0.2) is 0 Å². The molecule has 0 saturated heterocycles. The Hall–Kier alpha value is -0.510. The molecule has 0 unspecified atom stereocenters. The molecule has 0 aromatic heterocycles. The van der Waals surface area contributed by atoms with Crippen LogP contribution in [-0.4, -0.2) is 28.4 Å². The first-order valence-corrected chi connectivity index (χ1v) is 6.09. The molecule has 1 rings (SSSR count). The molecule has 1 aliphatic rings. The van der Waals surface area contributed by atoms with Crippen LogP contribution in [-0.2, 0) is 9.59 Å². The van der Waals surface area contributed by atoms with Gasteiger partial charge in [-0.2, -0.15) is 11.8 Å². The van der Waals surface area contributed by atoms with Gasteiger partial charge in [0, 0.05) is 18.6 Å². The summed E-state index contributed by atoms with van der Waals surface area (Å²) in [5, 5.41) is 9.18. The fourth-order valence-electron chi connectivity index (χ4n) is 1.72. The van der Waals surface area contributed by atoms with Gasteiger partial charge in [0.1, 0.15) is 5.78 Å². The first-order chi connectivity index (χ1) is 6.60. The molecular weight excluding hydrogens is 200 g/mol. The van der Waals surface area contributed by atoms with E-state index in [1.54, 1.807) is 11.8 Å². The van der Waals surface area contributed by atoms with E-state index < -0.39 is 11.4 Å². The fraction of sp³-hybridized carbons (Fsp3) is 0.800. The van der Waals surface area contributed by atoms with Gasteiger partial charge in [-0.05, 0) is 18.6 Å². The molecule has 1 fully saturated rings. The minimum atomic E-state index is -0.731. The second kappa shape index (κ2) is 4.82. The number of thioether (sulfide) groups is 1. The van der Waals surface area contributed by atoms with Gasteiger partial charge in [0.15, 0.2) is 0 Å². The number of Topliss-reactive ketones (excluding diaryl/α,β-unsaturated/α-hetero) is 1. The standard InChI is InChI=1S/C10H16O3S/c1-2-14-7-10(9(12)13)5-3-8(11)4-6-10/h2-7H2,1H3,(H,12,13). The highest BCUT2D eigenvalue weighted by Gasteiger charge is 2.41. The van der Waals surface area contributed by atoms with Crippen LogP contribution >= 0.6 is 11.8 Å². The third-order valence-electron chi connectivity index (χ3n) is 2.80. The Morgan fingerprint density at radius 1 is 1.50 bits per heavy atom. The normalized spacial score (nSPS) is 20.8.